The number of H-pyrrole nitrogens is 1. The van der Waals surface area contributed by atoms with E-state index in [4.69, 9.17) is 5.73 Å². The number of anilines is 1. The molecule has 1 fully saturated rings. The van der Waals surface area contributed by atoms with Crippen LogP contribution in [-0.2, 0) is 10.0 Å². The number of fused-ring (bicyclic) bond motifs is 1. The van der Waals surface area contributed by atoms with E-state index in [9.17, 15) is 8.42 Å². The van der Waals surface area contributed by atoms with Crippen LogP contribution in [0, 0.1) is 0 Å². The van der Waals surface area contributed by atoms with Crippen molar-refractivity contribution in [1.29, 1.82) is 0 Å². The number of sulfonamides is 1. The van der Waals surface area contributed by atoms with Gasteiger partial charge in [-0.25, -0.2) is 8.42 Å². The lowest BCUT2D eigenvalue weighted by molar-refractivity contribution is 0.347. The SMILES string of the molecule is Nc1ccc2c(S(=O)(=O)N3CCCCC3)c[nH]c2c1. The van der Waals surface area contributed by atoms with Gasteiger partial charge in [-0.1, -0.05) is 6.42 Å². The first kappa shape index (κ1) is 12.5. The van der Waals surface area contributed by atoms with Gasteiger partial charge in [0.2, 0.25) is 10.0 Å². The van der Waals surface area contributed by atoms with Crippen molar-refractivity contribution in [2.75, 3.05) is 18.8 Å². The van der Waals surface area contributed by atoms with Crippen LogP contribution in [0.3, 0.4) is 0 Å². The van der Waals surface area contributed by atoms with Gasteiger partial charge in [-0.15, -0.1) is 0 Å². The molecule has 5 nitrogen and oxygen atoms in total. The van der Waals surface area contributed by atoms with Crippen LogP contribution in [0.5, 0.6) is 0 Å². The summed E-state index contributed by atoms with van der Waals surface area (Å²) < 4.78 is 26.8. The van der Waals surface area contributed by atoms with Gasteiger partial charge in [-0.2, -0.15) is 4.31 Å². The third-order valence-electron chi connectivity index (χ3n) is 3.60. The molecule has 1 aliphatic heterocycles. The second-order valence-corrected chi connectivity index (χ2v) is 6.83. The summed E-state index contributed by atoms with van der Waals surface area (Å²) in [6, 6.07) is 5.24. The summed E-state index contributed by atoms with van der Waals surface area (Å²) in [6.45, 7) is 1.23. The van der Waals surface area contributed by atoms with E-state index in [2.05, 4.69) is 4.98 Å². The minimum atomic E-state index is -3.40. The van der Waals surface area contributed by atoms with E-state index in [0.29, 0.717) is 29.1 Å². The Hall–Kier alpha value is -1.53. The number of nitrogen functional groups attached to an aromatic ring is 1. The average Bonchev–Trinajstić information content (AvgIpc) is 2.83. The first-order valence-corrected chi connectivity index (χ1v) is 7.90. The normalized spacial score (nSPS) is 17.9. The summed E-state index contributed by atoms with van der Waals surface area (Å²) in [5.41, 5.74) is 7.09. The summed E-state index contributed by atoms with van der Waals surface area (Å²) in [5, 5.41) is 0.708. The Balaban J connectivity index is 2.08. The van der Waals surface area contributed by atoms with E-state index in [-0.39, 0.29) is 0 Å². The highest BCUT2D eigenvalue weighted by Gasteiger charge is 2.28. The number of piperidine rings is 1. The fraction of sp³-hybridized carbons (Fsp3) is 0.385. The number of benzene rings is 1. The van der Waals surface area contributed by atoms with Crippen molar-refractivity contribution in [2.24, 2.45) is 0 Å². The predicted molar refractivity (Wildman–Crippen MR) is 75.3 cm³/mol. The first-order chi connectivity index (χ1) is 9.09. The van der Waals surface area contributed by atoms with Crippen LogP contribution in [0.25, 0.3) is 10.9 Å². The number of nitrogens with one attached hydrogen (secondary N) is 1. The van der Waals surface area contributed by atoms with Gasteiger partial charge in [-0.05, 0) is 31.0 Å². The fourth-order valence-corrected chi connectivity index (χ4v) is 4.26. The van der Waals surface area contributed by atoms with Crippen molar-refractivity contribution in [1.82, 2.24) is 9.29 Å². The second-order valence-electron chi connectivity index (χ2n) is 4.92. The van der Waals surface area contributed by atoms with Crippen LogP contribution in [-0.4, -0.2) is 30.8 Å². The maximum absolute atomic E-state index is 12.6. The van der Waals surface area contributed by atoms with Crippen LogP contribution in [0.1, 0.15) is 19.3 Å². The number of aromatic nitrogens is 1. The molecule has 0 amide bonds. The van der Waals surface area contributed by atoms with E-state index in [1.165, 1.54) is 0 Å². The second kappa shape index (κ2) is 4.54. The zero-order valence-electron chi connectivity index (χ0n) is 10.6. The van der Waals surface area contributed by atoms with Gasteiger partial charge in [0.25, 0.3) is 0 Å². The Morgan fingerprint density at radius 1 is 1.16 bits per heavy atom. The van der Waals surface area contributed by atoms with Crippen molar-refractivity contribution >= 4 is 26.6 Å². The molecule has 0 atom stereocenters. The summed E-state index contributed by atoms with van der Waals surface area (Å²) >= 11 is 0. The minimum Gasteiger partial charge on any atom is -0.399 e. The lowest BCUT2D eigenvalue weighted by Crippen LogP contribution is -2.35. The highest BCUT2D eigenvalue weighted by atomic mass is 32.2. The molecular weight excluding hydrogens is 262 g/mol. The van der Waals surface area contributed by atoms with E-state index in [1.54, 1.807) is 28.7 Å². The van der Waals surface area contributed by atoms with Crippen LogP contribution >= 0.6 is 0 Å². The molecule has 0 saturated carbocycles. The van der Waals surface area contributed by atoms with Crippen molar-refractivity contribution in [3.8, 4) is 0 Å². The van der Waals surface area contributed by atoms with Gasteiger partial charge in [-0.3, -0.25) is 0 Å². The Labute approximate surface area is 112 Å². The molecule has 1 aliphatic rings. The first-order valence-electron chi connectivity index (χ1n) is 6.46. The van der Waals surface area contributed by atoms with Gasteiger partial charge < -0.3 is 10.7 Å². The molecular formula is C13H17N3O2S. The number of rotatable bonds is 2. The molecule has 1 aromatic heterocycles. The highest BCUT2D eigenvalue weighted by Crippen LogP contribution is 2.28. The molecule has 2 aromatic rings. The summed E-state index contributed by atoms with van der Waals surface area (Å²) in [5.74, 6) is 0. The smallest absolute Gasteiger partial charge is 0.245 e. The monoisotopic (exact) mass is 279 g/mol. The molecule has 0 unspecified atom stereocenters. The molecule has 2 heterocycles. The van der Waals surface area contributed by atoms with Crippen LogP contribution in [0.15, 0.2) is 29.3 Å². The Morgan fingerprint density at radius 3 is 2.63 bits per heavy atom. The average molecular weight is 279 g/mol. The third kappa shape index (κ3) is 2.11. The number of nitrogens with zero attached hydrogens (tertiary/aromatic N) is 1. The maximum atomic E-state index is 12.6. The third-order valence-corrected chi connectivity index (χ3v) is 5.54. The van der Waals surface area contributed by atoms with Crippen LogP contribution in [0.4, 0.5) is 5.69 Å². The van der Waals surface area contributed by atoms with Gasteiger partial charge in [0.05, 0.1) is 0 Å². The van der Waals surface area contributed by atoms with Crippen molar-refractivity contribution in [3.05, 3.63) is 24.4 Å². The molecule has 6 heteroatoms. The molecule has 102 valence electrons. The van der Waals surface area contributed by atoms with Gasteiger partial charge >= 0.3 is 0 Å². The van der Waals surface area contributed by atoms with Gasteiger partial charge in [0.1, 0.15) is 4.90 Å². The molecule has 3 rings (SSSR count). The van der Waals surface area contributed by atoms with E-state index in [1.807, 2.05) is 0 Å². The topological polar surface area (TPSA) is 79.2 Å². The maximum Gasteiger partial charge on any atom is 0.245 e. The number of hydrogen-bond acceptors (Lipinski definition) is 3. The summed E-state index contributed by atoms with van der Waals surface area (Å²) in [4.78, 5) is 3.34. The lowest BCUT2D eigenvalue weighted by atomic mass is 10.2. The number of nitrogens with two attached hydrogens (primary N) is 1. The molecule has 0 aliphatic carbocycles. The number of hydrogen-bond donors (Lipinski definition) is 2. The Bertz CT molecular complexity index is 700. The fourth-order valence-electron chi connectivity index (χ4n) is 2.57. The lowest BCUT2D eigenvalue weighted by Gasteiger charge is -2.25. The van der Waals surface area contributed by atoms with Crippen molar-refractivity contribution in [3.63, 3.8) is 0 Å². The molecule has 1 saturated heterocycles. The zero-order valence-corrected chi connectivity index (χ0v) is 11.4. The molecule has 0 spiro atoms. The largest absolute Gasteiger partial charge is 0.399 e. The van der Waals surface area contributed by atoms with E-state index >= 15 is 0 Å². The summed E-state index contributed by atoms with van der Waals surface area (Å²) in [7, 11) is -3.40. The van der Waals surface area contributed by atoms with Crippen molar-refractivity contribution < 1.29 is 8.42 Å². The van der Waals surface area contributed by atoms with Crippen molar-refractivity contribution in [2.45, 2.75) is 24.2 Å². The standard InChI is InChI=1S/C13H17N3O2S/c14-10-4-5-11-12(8-10)15-9-13(11)19(17,18)16-6-2-1-3-7-16/h4-5,8-9,15H,1-3,6-7,14H2. The van der Waals surface area contributed by atoms with Gasteiger partial charge in [0.15, 0.2) is 0 Å². The van der Waals surface area contributed by atoms with E-state index < -0.39 is 10.0 Å². The molecule has 0 radical (unpaired) electrons. The quantitative estimate of drug-likeness (QED) is 0.824. The van der Waals surface area contributed by atoms with Crippen LogP contribution < -0.4 is 5.73 Å². The number of aromatic amines is 1. The predicted octanol–water partition coefficient (Wildman–Crippen LogP) is 1.92. The highest BCUT2D eigenvalue weighted by molar-refractivity contribution is 7.89. The summed E-state index contributed by atoms with van der Waals surface area (Å²) in [6.07, 6.45) is 4.55. The Morgan fingerprint density at radius 2 is 1.89 bits per heavy atom. The molecule has 0 bridgehead atoms. The zero-order chi connectivity index (χ0) is 13.5. The molecule has 3 N–H and O–H groups in total. The van der Waals surface area contributed by atoms with Gasteiger partial charge in [0, 0.05) is 35.9 Å². The Kier molecular flexibility index (Phi) is 2.99. The molecule has 19 heavy (non-hydrogen) atoms. The minimum absolute atomic E-state index is 0.351. The van der Waals surface area contributed by atoms with Crippen LogP contribution in [0.2, 0.25) is 0 Å². The van der Waals surface area contributed by atoms with E-state index in [0.717, 1.165) is 24.8 Å². The molecule has 1 aromatic carbocycles.